The summed E-state index contributed by atoms with van der Waals surface area (Å²) in [5.74, 6) is -3.10. The second kappa shape index (κ2) is 12.7. The molecule has 2 heterocycles. The molecule has 0 fully saturated rings. The highest BCUT2D eigenvalue weighted by Crippen LogP contribution is 2.49. The molecular formula is C34H35NO11. The smallest absolute Gasteiger partial charge is 0.306 e. The number of hydrogen-bond donors (Lipinski definition) is 2. The largest absolute Gasteiger partial charge is 0.496 e. The zero-order valence-electron chi connectivity index (χ0n) is 26.0. The summed E-state index contributed by atoms with van der Waals surface area (Å²) in [4.78, 5) is 62.5. The van der Waals surface area contributed by atoms with Crippen molar-refractivity contribution in [1.82, 2.24) is 4.57 Å². The van der Waals surface area contributed by atoms with Crippen LogP contribution in [0, 0.1) is 0 Å². The minimum absolute atomic E-state index is 0.0207. The van der Waals surface area contributed by atoms with Gasteiger partial charge in [0.2, 0.25) is 5.43 Å². The van der Waals surface area contributed by atoms with Crippen molar-refractivity contribution in [2.75, 3.05) is 7.11 Å². The third-order valence-corrected chi connectivity index (χ3v) is 8.20. The van der Waals surface area contributed by atoms with E-state index in [1.165, 1.54) is 7.11 Å². The number of carboxylic acid groups (broad SMARTS) is 2. The van der Waals surface area contributed by atoms with Gasteiger partial charge >= 0.3 is 23.9 Å². The van der Waals surface area contributed by atoms with E-state index in [1.54, 1.807) is 31.5 Å². The maximum absolute atomic E-state index is 14.2. The van der Waals surface area contributed by atoms with Crippen LogP contribution in [0.3, 0.4) is 0 Å². The molecule has 0 radical (unpaired) electrons. The van der Waals surface area contributed by atoms with Crippen LogP contribution in [0.15, 0.2) is 47.3 Å². The number of ether oxygens (including phenoxy) is 4. The second-order valence-corrected chi connectivity index (χ2v) is 11.8. The van der Waals surface area contributed by atoms with Crippen molar-refractivity contribution in [3.8, 4) is 11.5 Å². The van der Waals surface area contributed by atoms with Gasteiger partial charge in [-0.15, -0.1) is 0 Å². The molecule has 1 aliphatic rings. The van der Waals surface area contributed by atoms with Crippen molar-refractivity contribution in [2.45, 2.75) is 70.2 Å². The molecule has 242 valence electrons. The van der Waals surface area contributed by atoms with E-state index in [2.05, 4.69) is 0 Å². The number of rotatable bonds is 11. The number of aryl methyl sites for hydroxylation is 1. The Labute approximate surface area is 263 Å². The van der Waals surface area contributed by atoms with Crippen LogP contribution >= 0.6 is 0 Å². The van der Waals surface area contributed by atoms with Gasteiger partial charge < -0.3 is 33.7 Å². The summed E-state index contributed by atoms with van der Waals surface area (Å²) >= 11 is 0. The van der Waals surface area contributed by atoms with E-state index < -0.39 is 41.7 Å². The lowest BCUT2D eigenvalue weighted by atomic mass is 9.86. The number of carboxylic acids is 2. The van der Waals surface area contributed by atoms with E-state index in [-0.39, 0.29) is 66.4 Å². The Morgan fingerprint density at radius 3 is 2.07 bits per heavy atom. The summed E-state index contributed by atoms with van der Waals surface area (Å²) in [5.41, 5.74) is -0.392. The Morgan fingerprint density at radius 2 is 1.48 bits per heavy atom. The highest BCUT2D eigenvalue weighted by Gasteiger charge is 2.50. The summed E-state index contributed by atoms with van der Waals surface area (Å²) in [6, 6.07) is 12.9. The van der Waals surface area contributed by atoms with E-state index in [0.29, 0.717) is 16.4 Å². The molecule has 12 nitrogen and oxygen atoms in total. The van der Waals surface area contributed by atoms with Gasteiger partial charge in [-0.05, 0) is 49.6 Å². The fraction of sp³-hybridized carbons (Fsp3) is 0.382. The molecule has 0 saturated carbocycles. The molecule has 2 atom stereocenters. The molecule has 2 unspecified atom stereocenters. The summed E-state index contributed by atoms with van der Waals surface area (Å²) in [6.45, 7) is 3.30. The molecule has 12 heteroatoms. The van der Waals surface area contributed by atoms with Gasteiger partial charge in [-0.1, -0.05) is 24.3 Å². The molecule has 0 spiro atoms. The fourth-order valence-corrected chi connectivity index (χ4v) is 6.02. The van der Waals surface area contributed by atoms with Crippen LogP contribution in [-0.4, -0.2) is 57.5 Å². The number of aromatic nitrogens is 1. The van der Waals surface area contributed by atoms with E-state index in [9.17, 15) is 24.0 Å². The first-order valence-corrected chi connectivity index (χ1v) is 14.9. The number of benzene rings is 3. The molecule has 0 amide bonds. The predicted octanol–water partition coefficient (Wildman–Crippen LogP) is 5.03. The SMILES string of the molecule is COc1cc2c(c3c1c(=O)c1cc4ccccc4cc1n3C)C(OC(=O)CCCC(=O)O)C(OC(=O)CCCC(=O)O)C(C)(C)O2. The lowest BCUT2D eigenvalue weighted by Gasteiger charge is -2.44. The van der Waals surface area contributed by atoms with Gasteiger partial charge in [0, 0.05) is 44.2 Å². The molecule has 2 N–H and O–H groups in total. The van der Waals surface area contributed by atoms with E-state index in [4.69, 9.17) is 29.2 Å². The quantitative estimate of drug-likeness (QED) is 0.168. The van der Waals surface area contributed by atoms with Crippen molar-refractivity contribution in [3.05, 3.63) is 58.3 Å². The highest BCUT2D eigenvalue weighted by molar-refractivity contribution is 6.04. The maximum atomic E-state index is 14.2. The minimum atomic E-state index is -1.28. The Bertz CT molecular complexity index is 1940. The van der Waals surface area contributed by atoms with E-state index in [0.717, 1.165) is 10.8 Å². The Hall–Kier alpha value is -5.13. The van der Waals surface area contributed by atoms with Crippen LogP contribution in [0.4, 0.5) is 0 Å². The number of nitrogens with zero attached hydrogens (tertiary/aromatic N) is 1. The normalized spacial score (nSPS) is 16.9. The molecule has 4 aromatic rings. The number of esters is 2. The van der Waals surface area contributed by atoms with Crippen LogP contribution < -0.4 is 14.9 Å². The van der Waals surface area contributed by atoms with Crippen LogP contribution in [0.5, 0.6) is 11.5 Å². The maximum Gasteiger partial charge on any atom is 0.306 e. The average molecular weight is 634 g/mol. The van der Waals surface area contributed by atoms with Gasteiger partial charge in [0.15, 0.2) is 12.2 Å². The second-order valence-electron chi connectivity index (χ2n) is 11.8. The lowest BCUT2D eigenvalue weighted by molar-refractivity contribution is -0.190. The Morgan fingerprint density at radius 1 is 0.891 bits per heavy atom. The Balaban J connectivity index is 1.73. The van der Waals surface area contributed by atoms with Crippen molar-refractivity contribution in [1.29, 1.82) is 0 Å². The number of carbonyl (C=O) groups is 4. The molecule has 1 aromatic heterocycles. The van der Waals surface area contributed by atoms with Gasteiger partial charge in [-0.2, -0.15) is 0 Å². The fourth-order valence-electron chi connectivity index (χ4n) is 6.02. The molecule has 5 rings (SSSR count). The van der Waals surface area contributed by atoms with Gasteiger partial charge in [-0.3, -0.25) is 24.0 Å². The first kappa shape index (κ1) is 32.3. The topological polar surface area (TPSA) is 168 Å². The first-order chi connectivity index (χ1) is 21.8. The number of methoxy groups -OCH3 is 1. The van der Waals surface area contributed by atoms with Crippen molar-refractivity contribution in [3.63, 3.8) is 0 Å². The molecule has 1 aliphatic heterocycles. The molecule has 46 heavy (non-hydrogen) atoms. The number of hydrogen-bond acceptors (Lipinski definition) is 9. The van der Waals surface area contributed by atoms with Crippen LogP contribution in [-0.2, 0) is 35.7 Å². The van der Waals surface area contributed by atoms with Gasteiger partial charge in [-0.25, -0.2) is 0 Å². The molecule has 0 saturated heterocycles. The predicted molar refractivity (Wildman–Crippen MR) is 167 cm³/mol. The Kier molecular flexibility index (Phi) is 8.91. The zero-order chi connectivity index (χ0) is 33.3. The number of aliphatic carboxylic acids is 2. The summed E-state index contributed by atoms with van der Waals surface area (Å²) in [7, 11) is 3.19. The molecule has 0 aliphatic carbocycles. The van der Waals surface area contributed by atoms with Crippen molar-refractivity contribution >= 4 is 56.5 Å². The molecule has 0 bridgehead atoms. The minimum Gasteiger partial charge on any atom is -0.496 e. The standard InChI is InChI=1S/C34H35NO11/c1-34(2)33(45-27(41)14-8-12-25(38)39)32(44-26(40)13-7-11-24(36)37)29-23(46-34)17-22(43-4)28-30(29)35(3)21-16-19-10-6-5-9-18(19)15-20(21)31(28)42/h5-6,9-10,15-17,32-33H,7-8,11-14H2,1-4H3,(H,36,37)(H,38,39). The van der Waals surface area contributed by atoms with Crippen molar-refractivity contribution in [2.24, 2.45) is 7.05 Å². The van der Waals surface area contributed by atoms with Gasteiger partial charge in [0.1, 0.15) is 17.1 Å². The molecule has 3 aromatic carbocycles. The summed E-state index contributed by atoms with van der Waals surface area (Å²) < 4.78 is 25.8. The first-order valence-electron chi connectivity index (χ1n) is 14.9. The third-order valence-electron chi connectivity index (χ3n) is 8.20. The monoisotopic (exact) mass is 633 g/mol. The number of pyridine rings is 1. The summed E-state index contributed by atoms with van der Waals surface area (Å²) in [6.07, 6.45) is -3.36. The third kappa shape index (κ3) is 6.19. The highest BCUT2D eigenvalue weighted by atomic mass is 16.6. The number of carbonyl (C=O) groups excluding carboxylic acids is 2. The van der Waals surface area contributed by atoms with Gasteiger partial charge in [0.25, 0.3) is 0 Å². The number of fused-ring (bicyclic) bond motifs is 5. The van der Waals surface area contributed by atoms with Crippen LogP contribution in [0.2, 0.25) is 0 Å². The van der Waals surface area contributed by atoms with Crippen molar-refractivity contribution < 1.29 is 48.3 Å². The molecular weight excluding hydrogens is 598 g/mol. The van der Waals surface area contributed by atoms with Gasteiger partial charge in [0.05, 0.1) is 29.1 Å². The van der Waals surface area contributed by atoms with E-state index in [1.807, 2.05) is 36.4 Å². The average Bonchev–Trinajstić information content (AvgIpc) is 2.99. The summed E-state index contributed by atoms with van der Waals surface area (Å²) in [5, 5.41) is 20.5. The van der Waals surface area contributed by atoms with E-state index >= 15 is 0 Å². The lowest BCUT2D eigenvalue weighted by Crippen LogP contribution is -2.52. The van der Waals surface area contributed by atoms with Crippen LogP contribution in [0.25, 0.3) is 32.6 Å². The zero-order valence-corrected chi connectivity index (χ0v) is 26.0. The van der Waals surface area contributed by atoms with Crippen LogP contribution in [0.1, 0.15) is 64.0 Å².